The molecule has 1 aliphatic rings. The summed E-state index contributed by atoms with van der Waals surface area (Å²) in [6, 6.07) is 4.60. The lowest BCUT2D eigenvalue weighted by Gasteiger charge is -2.21. The summed E-state index contributed by atoms with van der Waals surface area (Å²) in [6.45, 7) is 6.50. The van der Waals surface area contributed by atoms with Crippen LogP contribution in [0, 0.1) is 0 Å². The summed E-state index contributed by atoms with van der Waals surface area (Å²) in [7, 11) is 0. The monoisotopic (exact) mass is 545 g/mol. The van der Waals surface area contributed by atoms with Crippen molar-refractivity contribution in [2.24, 2.45) is 0 Å². The van der Waals surface area contributed by atoms with Crippen molar-refractivity contribution in [3.8, 4) is 0 Å². The maximum Gasteiger partial charge on any atom is 0.275 e. The summed E-state index contributed by atoms with van der Waals surface area (Å²) in [6.07, 6.45) is 5.00. The van der Waals surface area contributed by atoms with Crippen LogP contribution in [0.5, 0.6) is 0 Å². The van der Waals surface area contributed by atoms with Crippen LogP contribution in [-0.2, 0) is 28.6 Å². The maximum atomic E-state index is 12.9. The molecule has 0 radical (unpaired) electrons. The fraction of sp³-hybridized carbons (Fsp3) is 0.593. The third kappa shape index (κ3) is 10.0. The Morgan fingerprint density at radius 1 is 1.03 bits per heavy atom. The summed E-state index contributed by atoms with van der Waals surface area (Å²) >= 11 is 0. The standard InChI is InChI=1S/C27H39N5O7/c1-2-5-24(33)29-11-4-13-38-15-17-39-16-14-37-12-3-10-28-21-6-7-22-20(18-21)19-30-32(27(22)36)23-8-9-25(34)31-26(23)35/h6-7,18-19,23,28H,2-5,8-17H2,1H3,(H,29,33)(H,31,34,35). The summed E-state index contributed by atoms with van der Waals surface area (Å²) in [4.78, 5) is 47.7. The van der Waals surface area contributed by atoms with Crippen molar-refractivity contribution in [3.05, 3.63) is 34.7 Å². The molecule has 1 unspecified atom stereocenters. The molecule has 3 rings (SSSR count). The number of hydrogen-bond acceptors (Lipinski definition) is 9. The van der Waals surface area contributed by atoms with Gasteiger partial charge in [0, 0.05) is 50.2 Å². The average molecular weight is 546 g/mol. The van der Waals surface area contributed by atoms with E-state index in [-0.39, 0.29) is 30.2 Å². The number of carbonyl (C=O) groups excluding carboxylic acids is 3. The molecule has 3 amide bonds. The van der Waals surface area contributed by atoms with Gasteiger partial charge in [-0.05, 0) is 43.9 Å². The van der Waals surface area contributed by atoms with Gasteiger partial charge in [-0.3, -0.25) is 24.5 Å². The van der Waals surface area contributed by atoms with Gasteiger partial charge in [0.15, 0.2) is 0 Å². The number of nitrogens with zero attached hydrogens (tertiary/aromatic N) is 2. The summed E-state index contributed by atoms with van der Waals surface area (Å²) in [5.74, 6) is -0.748. The van der Waals surface area contributed by atoms with Gasteiger partial charge in [0.1, 0.15) is 6.04 Å². The highest BCUT2D eigenvalue weighted by molar-refractivity contribution is 5.99. The first-order valence-electron chi connectivity index (χ1n) is 13.6. The predicted molar refractivity (Wildman–Crippen MR) is 146 cm³/mol. The first-order valence-corrected chi connectivity index (χ1v) is 13.6. The van der Waals surface area contributed by atoms with Gasteiger partial charge in [-0.25, -0.2) is 4.68 Å². The van der Waals surface area contributed by atoms with Crippen molar-refractivity contribution >= 4 is 34.2 Å². The van der Waals surface area contributed by atoms with Crippen molar-refractivity contribution in [1.29, 1.82) is 0 Å². The van der Waals surface area contributed by atoms with Crippen molar-refractivity contribution in [2.75, 3.05) is 58.0 Å². The molecule has 1 aromatic carbocycles. The molecule has 0 saturated carbocycles. The van der Waals surface area contributed by atoms with E-state index in [1.165, 1.54) is 0 Å². The molecule has 2 heterocycles. The van der Waals surface area contributed by atoms with Gasteiger partial charge in [0.2, 0.25) is 11.8 Å². The molecule has 1 saturated heterocycles. The molecule has 1 aromatic heterocycles. The molecule has 1 aliphatic heterocycles. The third-order valence-corrected chi connectivity index (χ3v) is 6.12. The molecular formula is C27H39N5O7. The largest absolute Gasteiger partial charge is 0.385 e. The zero-order chi connectivity index (χ0) is 27.9. The van der Waals surface area contributed by atoms with E-state index >= 15 is 0 Å². The first-order chi connectivity index (χ1) is 19.0. The van der Waals surface area contributed by atoms with Gasteiger partial charge < -0.3 is 24.8 Å². The van der Waals surface area contributed by atoms with E-state index in [0.29, 0.717) is 69.9 Å². The van der Waals surface area contributed by atoms with Crippen LogP contribution in [0.15, 0.2) is 29.2 Å². The Morgan fingerprint density at radius 3 is 2.41 bits per heavy atom. The molecule has 1 fully saturated rings. The number of hydrogen-bond donors (Lipinski definition) is 3. The fourth-order valence-corrected chi connectivity index (χ4v) is 4.08. The van der Waals surface area contributed by atoms with Crippen LogP contribution in [0.3, 0.4) is 0 Å². The van der Waals surface area contributed by atoms with E-state index in [4.69, 9.17) is 14.2 Å². The van der Waals surface area contributed by atoms with Crippen LogP contribution in [-0.4, -0.2) is 80.2 Å². The number of ether oxygens (including phenoxy) is 3. The highest BCUT2D eigenvalue weighted by Crippen LogP contribution is 2.19. The number of carbonyl (C=O) groups is 3. The lowest BCUT2D eigenvalue weighted by atomic mass is 10.1. The highest BCUT2D eigenvalue weighted by atomic mass is 16.5. The molecular weight excluding hydrogens is 506 g/mol. The van der Waals surface area contributed by atoms with Gasteiger partial charge in [-0.1, -0.05) is 6.92 Å². The van der Waals surface area contributed by atoms with Crippen LogP contribution in [0.2, 0.25) is 0 Å². The Balaban J connectivity index is 1.23. The SMILES string of the molecule is CCCC(=O)NCCCOCCOCCOCCCNc1ccc2c(=O)n(C3CCC(=O)NC3=O)ncc2c1. The highest BCUT2D eigenvalue weighted by Gasteiger charge is 2.29. The maximum absolute atomic E-state index is 12.9. The average Bonchev–Trinajstić information content (AvgIpc) is 2.92. The molecule has 12 heteroatoms. The molecule has 3 N–H and O–H groups in total. The van der Waals surface area contributed by atoms with Crippen LogP contribution in [0.1, 0.15) is 51.5 Å². The third-order valence-electron chi connectivity index (χ3n) is 6.12. The van der Waals surface area contributed by atoms with E-state index in [2.05, 4.69) is 21.0 Å². The van der Waals surface area contributed by atoms with Crippen molar-refractivity contribution in [2.45, 2.75) is 51.5 Å². The number of aromatic nitrogens is 2. The fourth-order valence-electron chi connectivity index (χ4n) is 4.08. The van der Waals surface area contributed by atoms with Crippen LogP contribution >= 0.6 is 0 Å². The van der Waals surface area contributed by atoms with Gasteiger partial charge in [-0.2, -0.15) is 5.10 Å². The number of piperidine rings is 1. The zero-order valence-corrected chi connectivity index (χ0v) is 22.5. The molecule has 0 aliphatic carbocycles. The normalized spacial score (nSPS) is 15.4. The lowest BCUT2D eigenvalue weighted by Crippen LogP contribution is -2.45. The topological polar surface area (TPSA) is 150 Å². The van der Waals surface area contributed by atoms with Crippen molar-refractivity contribution in [1.82, 2.24) is 20.4 Å². The quantitative estimate of drug-likeness (QED) is 0.187. The Kier molecular flexibility index (Phi) is 12.8. The van der Waals surface area contributed by atoms with E-state index in [1.807, 2.05) is 19.1 Å². The van der Waals surface area contributed by atoms with E-state index in [0.717, 1.165) is 29.6 Å². The van der Waals surface area contributed by atoms with Gasteiger partial charge in [0.25, 0.3) is 11.5 Å². The summed E-state index contributed by atoms with van der Waals surface area (Å²) < 4.78 is 17.7. The number of anilines is 1. The summed E-state index contributed by atoms with van der Waals surface area (Å²) in [5, 5.41) is 13.7. The Bertz CT molecular complexity index is 1150. The second kappa shape index (κ2) is 16.6. The van der Waals surface area contributed by atoms with Crippen molar-refractivity contribution < 1.29 is 28.6 Å². The van der Waals surface area contributed by atoms with Gasteiger partial charge >= 0.3 is 0 Å². The van der Waals surface area contributed by atoms with E-state index < -0.39 is 11.9 Å². The van der Waals surface area contributed by atoms with Crippen molar-refractivity contribution in [3.63, 3.8) is 0 Å². The Labute approximate surface area is 227 Å². The minimum atomic E-state index is -0.780. The summed E-state index contributed by atoms with van der Waals surface area (Å²) in [5.41, 5.74) is 0.498. The molecule has 2 aromatic rings. The Hall–Kier alpha value is -3.35. The number of fused-ring (bicyclic) bond motifs is 1. The molecule has 39 heavy (non-hydrogen) atoms. The predicted octanol–water partition coefficient (Wildman–Crippen LogP) is 1.53. The number of imide groups is 1. The second-order valence-corrected chi connectivity index (χ2v) is 9.23. The molecule has 0 bridgehead atoms. The lowest BCUT2D eigenvalue weighted by molar-refractivity contribution is -0.136. The van der Waals surface area contributed by atoms with Crippen LogP contribution in [0.25, 0.3) is 10.8 Å². The van der Waals surface area contributed by atoms with E-state index in [9.17, 15) is 19.2 Å². The minimum absolute atomic E-state index is 0.0875. The van der Waals surface area contributed by atoms with Gasteiger partial charge in [-0.15, -0.1) is 0 Å². The molecule has 1 atom stereocenters. The number of nitrogens with one attached hydrogen (secondary N) is 3. The zero-order valence-electron chi connectivity index (χ0n) is 22.5. The minimum Gasteiger partial charge on any atom is -0.385 e. The number of benzene rings is 1. The Morgan fingerprint density at radius 2 is 1.72 bits per heavy atom. The van der Waals surface area contributed by atoms with Crippen LogP contribution < -0.4 is 21.5 Å². The van der Waals surface area contributed by atoms with E-state index in [1.54, 1.807) is 12.3 Å². The number of rotatable bonds is 18. The first kappa shape index (κ1) is 30.2. The molecule has 0 spiro atoms. The van der Waals surface area contributed by atoms with Gasteiger partial charge in [0.05, 0.1) is 38.0 Å². The van der Waals surface area contributed by atoms with Crippen LogP contribution in [0.4, 0.5) is 5.69 Å². The number of amides is 3. The molecule has 214 valence electrons. The molecule has 12 nitrogen and oxygen atoms in total. The second-order valence-electron chi connectivity index (χ2n) is 9.23. The smallest absolute Gasteiger partial charge is 0.275 e.